The summed E-state index contributed by atoms with van der Waals surface area (Å²) in [6, 6.07) is 0. The van der Waals surface area contributed by atoms with Crippen molar-refractivity contribution in [3.05, 3.63) is 10.6 Å². The highest BCUT2D eigenvalue weighted by molar-refractivity contribution is 7.07. The van der Waals surface area contributed by atoms with E-state index in [9.17, 15) is 9.59 Å². The van der Waals surface area contributed by atoms with Gasteiger partial charge in [-0.05, 0) is 25.4 Å². The first kappa shape index (κ1) is 13.6. The van der Waals surface area contributed by atoms with Crippen LogP contribution >= 0.6 is 11.5 Å². The molecule has 17 heavy (non-hydrogen) atoms. The van der Waals surface area contributed by atoms with E-state index < -0.39 is 0 Å². The molecule has 1 amide bonds. The van der Waals surface area contributed by atoms with Crippen molar-refractivity contribution < 1.29 is 14.3 Å². The molecule has 1 aromatic heterocycles. The van der Waals surface area contributed by atoms with Crippen molar-refractivity contribution in [1.29, 1.82) is 0 Å². The standard InChI is InChI=1S/C10H15N3O3S/c1-4-16-8(14)5-6-13(3)10(15)9-7(2)11-12-17-9/h4-6H2,1-3H3. The maximum atomic E-state index is 11.9. The molecule has 1 rings (SSSR count). The summed E-state index contributed by atoms with van der Waals surface area (Å²) in [4.78, 5) is 25.0. The van der Waals surface area contributed by atoms with E-state index in [4.69, 9.17) is 4.74 Å². The fourth-order valence-electron chi connectivity index (χ4n) is 1.19. The molecule has 0 aliphatic carbocycles. The van der Waals surface area contributed by atoms with E-state index in [0.29, 0.717) is 23.7 Å². The maximum absolute atomic E-state index is 11.9. The van der Waals surface area contributed by atoms with E-state index in [1.165, 1.54) is 4.90 Å². The number of carbonyl (C=O) groups is 2. The number of rotatable bonds is 5. The van der Waals surface area contributed by atoms with E-state index in [1.54, 1.807) is 20.9 Å². The fraction of sp³-hybridized carbons (Fsp3) is 0.600. The zero-order chi connectivity index (χ0) is 12.8. The van der Waals surface area contributed by atoms with Crippen LogP contribution in [0.3, 0.4) is 0 Å². The summed E-state index contributed by atoms with van der Waals surface area (Å²) in [5.74, 6) is -0.465. The Hall–Kier alpha value is -1.50. The summed E-state index contributed by atoms with van der Waals surface area (Å²) >= 11 is 1.06. The third kappa shape index (κ3) is 3.77. The van der Waals surface area contributed by atoms with Crippen molar-refractivity contribution >= 4 is 23.4 Å². The van der Waals surface area contributed by atoms with E-state index in [0.717, 1.165) is 11.5 Å². The van der Waals surface area contributed by atoms with Crippen LogP contribution in [0, 0.1) is 6.92 Å². The van der Waals surface area contributed by atoms with Crippen molar-refractivity contribution in [2.45, 2.75) is 20.3 Å². The van der Waals surface area contributed by atoms with Gasteiger partial charge in [-0.1, -0.05) is 4.49 Å². The van der Waals surface area contributed by atoms with Crippen molar-refractivity contribution in [1.82, 2.24) is 14.5 Å². The lowest BCUT2D eigenvalue weighted by atomic mass is 10.3. The van der Waals surface area contributed by atoms with Gasteiger partial charge in [0.05, 0.1) is 18.7 Å². The second-order valence-corrected chi connectivity index (χ2v) is 4.22. The van der Waals surface area contributed by atoms with Crippen LogP contribution in [0.4, 0.5) is 0 Å². The molecule has 0 bridgehead atoms. The molecular weight excluding hydrogens is 242 g/mol. The monoisotopic (exact) mass is 257 g/mol. The van der Waals surface area contributed by atoms with Gasteiger partial charge in [-0.3, -0.25) is 9.59 Å². The predicted octanol–water partition coefficient (Wildman–Crippen LogP) is 0.872. The number of amides is 1. The van der Waals surface area contributed by atoms with Gasteiger partial charge in [0.15, 0.2) is 0 Å². The third-order valence-corrected chi connectivity index (χ3v) is 2.97. The van der Waals surface area contributed by atoms with Crippen LogP contribution < -0.4 is 0 Å². The summed E-state index contributed by atoms with van der Waals surface area (Å²) in [6.07, 6.45) is 0.196. The van der Waals surface area contributed by atoms with Gasteiger partial charge in [-0.2, -0.15) is 0 Å². The molecule has 0 unspecified atom stereocenters. The molecule has 94 valence electrons. The van der Waals surface area contributed by atoms with Gasteiger partial charge >= 0.3 is 5.97 Å². The zero-order valence-corrected chi connectivity index (χ0v) is 10.9. The first-order valence-corrected chi connectivity index (χ1v) is 6.03. The minimum Gasteiger partial charge on any atom is -0.466 e. The van der Waals surface area contributed by atoms with Crippen molar-refractivity contribution in [3.8, 4) is 0 Å². The second-order valence-electron chi connectivity index (χ2n) is 3.47. The summed E-state index contributed by atoms with van der Waals surface area (Å²) in [5, 5.41) is 3.77. The number of hydrogen-bond donors (Lipinski definition) is 0. The van der Waals surface area contributed by atoms with Crippen LogP contribution in [0.1, 0.15) is 28.7 Å². The molecule has 7 heteroatoms. The molecule has 0 aromatic carbocycles. The Morgan fingerprint density at radius 1 is 1.47 bits per heavy atom. The van der Waals surface area contributed by atoms with Crippen LogP contribution in [0.5, 0.6) is 0 Å². The summed E-state index contributed by atoms with van der Waals surface area (Å²) in [7, 11) is 1.64. The smallest absolute Gasteiger partial charge is 0.307 e. The quantitative estimate of drug-likeness (QED) is 0.732. The molecule has 0 spiro atoms. The van der Waals surface area contributed by atoms with Crippen LogP contribution in [-0.2, 0) is 9.53 Å². The number of esters is 1. The summed E-state index contributed by atoms with van der Waals surface area (Å²) in [6.45, 7) is 4.17. The highest BCUT2D eigenvalue weighted by Gasteiger charge is 2.18. The third-order valence-electron chi connectivity index (χ3n) is 2.15. The van der Waals surface area contributed by atoms with Crippen LogP contribution in [0.15, 0.2) is 0 Å². The van der Waals surface area contributed by atoms with Gasteiger partial charge in [0.25, 0.3) is 5.91 Å². The highest BCUT2D eigenvalue weighted by Crippen LogP contribution is 2.11. The summed E-state index contributed by atoms with van der Waals surface area (Å²) < 4.78 is 8.49. The van der Waals surface area contributed by atoms with Crippen LogP contribution in [0.2, 0.25) is 0 Å². The molecule has 0 N–H and O–H groups in total. The SMILES string of the molecule is CCOC(=O)CCN(C)C(=O)c1snnc1C. The molecule has 1 aromatic rings. The van der Waals surface area contributed by atoms with Crippen molar-refractivity contribution in [2.24, 2.45) is 0 Å². The molecule has 6 nitrogen and oxygen atoms in total. The predicted molar refractivity (Wildman–Crippen MR) is 62.9 cm³/mol. The minimum absolute atomic E-state index is 0.165. The first-order chi connectivity index (χ1) is 8.06. The molecule has 0 atom stereocenters. The minimum atomic E-state index is -0.300. The molecule has 0 saturated heterocycles. The molecule has 0 aliphatic heterocycles. The van der Waals surface area contributed by atoms with E-state index >= 15 is 0 Å². The molecular formula is C10H15N3O3S. The Morgan fingerprint density at radius 2 is 2.18 bits per heavy atom. The number of nitrogens with zero attached hydrogens (tertiary/aromatic N) is 3. The largest absolute Gasteiger partial charge is 0.466 e. The Labute approximate surface area is 104 Å². The van der Waals surface area contributed by atoms with Crippen LogP contribution in [-0.4, -0.2) is 46.6 Å². The average Bonchev–Trinajstić information content (AvgIpc) is 2.71. The number of hydrogen-bond acceptors (Lipinski definition) is 6. The van der Waals surface area contributed by atoms with Crippen LogP contribution in [0.25, 0.3) is 0 Å². The van der Waals surface area contributed by atoms with E-state index in [2.05, 4.69) is 9.59 Å². The van der Waals surface area contributed by atoms with Gasteiger partial charge in [0, 0.05) is 13.6 Å². The molecule has 0 radical (unpaired) electrons. The number of carbonyl (C=O) groups excluding carboxylic acids is 2. The van der Waals surface area contributed by atoms with E-state index in [1.807, 2.05) is 0 Å². The lowest BCUT2D eigenvalue weighted by molar-refractivity contribution is -0.143. The maximum Gasteiger partial charge on any atom is 0.307 e. The zero-order valence-electron chi connectivity index (χ0n) is 10.1. The summed E-state index contributed by atoms with van der Waals surface area (Å²) in [5.41, 5.74) is 0.614. The van der Waals surface area contributed by atoms with Gasteiger partial charge < -0.3 is 9.64 Å². The molecule has 0 aliphatic rings. The van der Waals surface area contributed by atoms with Gasteiger partial charge in [-0.25, -0.2) is 0 Å². The Balaban J connectivity index is 2.48. The molecule has 0 fully saturated rings. The highest BCUT2D eigenvalue weighted by atomic mass is 32.1. The lowest BCUT2D eigenvalue weighted by Crippen LogP contribution is -2.29. The Kier molecular flexibility index (Phi) is 5.02. The molecule has 0 saturated carbocycles. The topological polar surface area (TPSA) is 72.4 Å². The van der Waals surface area contributed by atoms with E-state index in [-0.39, 0.29) is 18.3 Å². The Bertz CT molecular complexity index is 405. The van der Waals surface area contributed by atoms with Gasteiger partial charge in [-0.15, -0.1) is 5.10 Å². The normalized spacial score (nSPS) is 10.1. The molecule has 1 heterocycles. The second kappa shape index (κ2) is 6.29. The van der Waals surface area contributed by atoms with Gasteiger partial charge in [0.2, 0.25) is 0 Å². The first-order valence-electron chi connectivity index (χ1n) is 5.26. The number of ether oxygens (including phenoxy) is 1. The van der Waals surface area contributed by atoms with Gasteiger partial charge in [0.1, 0.15) is 4.88 Å². The lowest BCUT2D eigenvalue weighted by Gasteiger charge is -2.15. The Morgan fingerprint density at radius 3 is 2.71 bits per heavy atom. The van der Waals surface area contributed by atoms with Crippen molar-refractivity contribution in [3.63, 3.8) is 0 Å². The number of aryl methyl sites for hydroxylation is 1. The number of aromatic nitrogens is 2. The average molecular weight is 257 g/mol. The van der Waals surface area contributed by atoms with Crippen molar-refractivity contribution in [2.75, 3.05) is 20.2 Å². The fourth-order valence-corrected chi connectivity index (χ4v) is 1.85.